The molecule has 4 rings (SSSR count). The molecule has 354 valence electrons. The third kappa shape index (κ3) is 24.8. The van der Waals surface area contributed by atoms with Crippen LogP contribution in [0.5, 0.6) is 0 Å². The Labute approximate surface area is 370 Å². The average molecular weight is 879 g/mol. The number of hydrogen-bond donors (Lipinski definition) is 0. The van der Waals surface area contributed by atoms with Crippen molar-refractivity contribution in [3.63, 3.8) is 0 Å². The smallest absolute Gasteiger partial charge is 0.331 e. The van der Waals surface area contributed by atoms with Gasteiger partial charge in [0.1, 0.15) is 0 Å². The maximum atomic E-state index is 12.0. The van der Waals surface area contributed by atoms with Gasteiger partial charge in [0, 0.05) is 76.7 Å². The van der Waals surface area contributed by atoms with Crippen molar-refractivity contribution in [2.24, 2.45) is 0 Å². The first-order chi connectivity index (χ1) is 30.4. The Morgan fingerprint density at radius 1 is 0.371 bits per heavy atom. The number of unbranched alkanes of at least 4 members (excludes halogenated alkanes) is 10. The van der Waals surface area contributed by atoms with Crippen LogP contribution in [0.1, 0.15) is 89.9 Å². The van der Waals surface area contributed by atoms with Crippen LogP contribution < -0.4 is 0 Å². The van der Waals surface area contributed by atoms with Gasteiger partial charge in [0.15, 0.2) is 0 Å². The first kappa shape index (κ1) is 51.7. The fourth-order valence-electron chi connectivity index (χ4n) is 7.94. The van der Waals surface area contributed by atoms with Crippen LogP contribution in [-0.2, 0) is 57.1 Å². The van der Waals surface area contributed by atoms with E-state index in [-0.39, 0.29) is 12.2 Å². The summed E-state index contributed by atoms with van der Waals surface area (Å²) in [4.78, 5) is 57.6. The van der Waals surface area contributed by atoms with Crippen molar-refractivity contribution >= 4 is 23.9 Å². The summed E-state index contributed by atoms with van der Waals surface area (Å²) < 4.78 is 44.0. The Kier molecular flexibility index (Phi) is 27.9. The minimum Gasteiger partial charge on any atom is -0.463 e. The van der Waals surface area contributed by atoms with Gasteiger partial charge in [-0.2, -0.15) is 0 Å². The van der Waals surface area contributed by atoms with Gasteiger partial charge in [-0.15, -0.1) is 0 Å². The molecule has 62 heavy (non-hydrogen) atoms. The van der Waals surface area contributed by atoms with Crippen molar-refractivity contribution < 1.29 is 57.1 Å². The van der Waals surface area contributed by atoms with E-state index in [1.54, 1.807) is 0 Å². The molecule has 0 amide bonds. The third-order valence-electron chi connectivity index (χ3n) is 11.6. The van der Waals surface area contributed by atoms with Crippen LogP contribution >= 0.6 is 0 Å². The lowest BCUT2D eigenvalue weighted by Crippen LogP contribution is -2.54. The average Bonchev–Trinajstić information content (AvgIpc) is 3.30. The van der Waals surface area contributed by atoms with E-state index >= 15 is 0 Å². The van der Waals surface area contributed by atoms with Crippen molar-refractivity contribution in [2.75, 3.05) is 145 Å². The molecule has 0 N–H and O–H groups in total. The van der Waals surface area contributed by atoms with Crippen LogP contribution in [0.2, 0.25) is 0 Å². The summed E-state index contributed by atoms with van der Waals surface area (Å²) in [6, 6.07) is 0. The molecule has 0 aromatic heterocycles. The number of hydrogen-bond acceptors (Lipinski definition) is 16. The summed E-state index contributed by atoms with van der Waals surface area (Å²) in [5, 5.41) is 0. The molecule has 2 unspecified atom stereocenters. The van der Waals surface area contributed by atoms with Crippen molar-refractivity contribution in [2.45, 2.75) is 102 Å². The number of morpholine rings is 4. The first-order valence-electron chi connectivity index (χ1n) is 23.8. The van der Waals surface area contributed by atoms with Crippen LogP contribution in [-0.4, -0.2) is 200 Å². The van der Waals surface area contributed by atoms with Crippen molar-refractivity contribution in [3.05, 3.63) is 24.3 Å². The predicted molar refractivity (Wildman–Crippen MR) is 234 cm³/mol. The monoisotopic (exact) mass is 879 g/mol. The molecule has 0 aromatic rings. The zero-order chi connectivity index (χ0) is 43.7. The summed E-state index contributed by atoms with van der Waals surface area (Å²) in [6.45, 7) is 17.6. The summed E-state index contributed by atoms with van der Waals surface area (Å²) >= 11 is 0. The van der Waals surface area contributed by atoms with Gasteiger partial charge in [-0.25, -0.2) is 19.2 Å². The Hall–Kier alpha value is -2.96. The highest BCUT2D eigenvalue weighted by molar-refractivity contribution is 5.92. The molecule has 4 saturated heterocycles. The van der Waals surface area contributed by atoms with Crippen LogP contribution in [0.4, 0.5) is 0 Å². The zero-order valence-corrected chi connectivity index (χ0v) is 37.6. The fraction of sp³-hybridized carbons (Fsp3) is 0.826. The number of carbonyl (C=O) groups excluding carboxylic acids is 4. The van der Waals surface area contributed by atoms with Gasteiger partial charge in [-0.05, 0) is 90.4 Å². The van der Waals surface area contributed by atoms with E-state index in [0.29, 0.717) is 39.6 Å². The van der Waals surface area contributed by atoms with Crippen LogP contribution in [0, 0.1) is 0 Å². The van der Waals surface area contributed by atoms with Crippen LogP contribution in [0.25, 0.3) is 0 Å². The number of carbonyl (C=O) groups is 4. The number of nitrogens with zero attached hydrogens (tertiary/aromatic N) is 4. The summed E-state index contributed by atoms with van der Waals surface area (Å²) in [7, 11) is 0. The Balaban J connectivity index is 0.916. The Bertz CT molecular complexity index is 1290. The molecule has 16 heteroatoms. The van der Waals surface area contributed by atoms with Gasteiger partial charge in [0.25, 0.3) is 0 Å². The molecule has 4 aliphatic rings. The highest BCUT2D eigenvalue weighted by atomic mass is 16.6. The molecular formula is C46H78N4O12. The van der Waals surface area contributed by atoms with Crippen molar-refractivity contribution in [1.29, 1.82) is 0 Å². The number of esters is 4. The quantitative estimate of drug-likeness (QED) is 0.0429. The van der Waals surface area contributed by atoms with E-state index < -0.39 is 23.9 Å². The first-order valence-corrected chi connectivity index (χ1v) is 23.8. The maximum absolute atomic E-state index is 12.0. The molecule has 0 aromatic carbocycles. The molecular weight excluding hydrogens is 801 g/mol. The second-order valence-corrected chi connectivity index (χ2v) is 16.6. The standard InChI is InChI=1S/C46H78N4O12/c51-43(59-29-11-3-1-7-19-47-23-33-55-34-24-47)15-16-44(52)60-30-12-4-2-8-21-49-27-37-57-41(39-49)42-40-50(28-38-58-42)22-10-6-14-32-62-46(54)18-17-45(53)61-31-13-5-9-20-48-25-35-56-36-26-48/h15-18,41-42H,1-14,19-40H2. The van der Waals surface area contributed by atoms with E-state index in [4.69, 9.17) is 37.9 Å². The summed E-state index contributed by atoms with van der Waals surface area (Å²) in [5.41, 5.74) is 0. The molecule has 0 bridgehead atoms. The van der Waals surface area contributed by atoms with Gasteiger partial charge in [0.2, 0.25) is 0 Å². The van der Waals surface area contributed by atoms with Crippen LogP contribution in [0.15, 0.2) is 24.3 Å². The lowest BCUT2D eigenvalue weighted by atomic mass is 10.1. The normalized spacial score (nSPS) is 21.0. The molecule has 16 nitrogen and oxygen atoms in total. The zero-order valence-electron chi connectivity index (χ0n) is 37.6. The fourth-order valence-corrected chi connectivity index (χ4v) is 7.94. The number of ether oxygens (including phenoxy) is 8. The van der Waals surface area contributed by atoms with Gasteiger partial charge in [-0.1, -0.05) is 25.7 Å². The predicted octanol–water partition coefficient (Wildman–Crippen LogP) is 3.80. The third-order valence-corrected chi connectivity index (χ3v) is 11.6. The van der Waals surface area contributed by atoms with E-state index in [9.17, 15) is 19.2 Å². The number of rotatable bonds is 31. The van der Waals surface area contributed by atoms with E-state index in [2.05, 4.69) is 19.6 Å². The molecule has 0 saturated carbocycles. The van der Waals surface area contributed by atoms with Gasteiger partial charge in [-0.3, -0.25) is 19.6 Å². The van der Waals surface area contributed by atoms with Crippen molar-refractivity contribution in [3.8, 4) is 0 Å². The van der Waals surface area contributed by atoms with Gasteiger partial charge < -0.3 is 37.9 Å². The van der Waals surface area contributed by atoms with Crippen LogP contribution in [0.3, 0.4) is 0 Å². The molecule has 0 spiro atoms. The Morgan fingerprint density at radius 3 is 0.984 bits per heavy atom. The molecule has 2 atom stereocenters. The largest absolute Gasteiger partial charge is 0.463 e. The second kappa shape index (κ2) is 33.5. The summed E-state index contributed by atoms with van der Waals surface area (Å²) in [5.74, 6) is -2.08. The van der Waals surface area contributed by atoms with E-state index in [1.165, 1.54) is 0 Å². The van der Waals surface area contributed by atoms with Crippen molar-refractivity contribution in [1.82, 2.24) is 19.6 Å². The minimum atomic E-state index is -0.527. The highest BCUT2D eigenvalue weighted by Gasteiger charge is 2.32. The summed E-state index contributed by atoms with van der Waals surface area (Å²) in [6.07, 6.45) is 18.2. The topological polar surface area (TPSA) is 155 Å². The van der Waals surface area contributed by atoms with Gasteiger partial charge in [0.05, 0.1) is 78.3 Å². The van der Waals surface area contributed by atoms with E-state index in [1.807, 2.05) is 0 Å². The maximum Gasteiger partial charge on any atom is 0.331 e. The molecule has 4 heterocycles. The Morgan fingerprint density at radius 2 is 0.645 bits per heavy atom. The SMILES string of the molecule is O=C(C=CC(=O)OCCCCCCN1CCOC(C2CN(CCCCCOC(=O)C=CC(=O)OCCCCCN3CCOCC3)CCO2)C1)OCCCCCCN1CCOCC1. The second-order valence-electron chi connectivity index (χ2n) is 16.6. The molecule has 4 fully saturated rings. The van der Waals surface area contributed by atoms with E-state index in [0.717, 1.165) is 219 Å². The molecule has 0 radical (unpaired) electrons. The lowest BCUT2D eigenvalue weighted by Gasteiger charge is -2.41. The molecule has 0 aliphatic carbocycles. The minimum absolute atomic E-state index is 0.0396. The van der Waals surface area contributed by atoms with Gasteiger partial charge >= 0.3 is 23.9 Å². The molecule has 4 aliphatic heterocycles. The highest BCUT2D eigenvalue weighted by Crippen LogP contribution is 2.18. The lowest BCUT2D eigenvalue weighted by molar-refractivity contribution is -0.140.